The third-order valence-corrected chi connectivity index (χ3v) is 4.85. The van der Waals surface area contributed by atoms with Crippen LogP contribution in [0.5, 0.6) is 11.5 Å². The first-order valence-electron chi connectivity index (χ1n) is 8.18. The van der Waals surface area contributed by atoms with Crippen molar-refractivity contribution in [2.75, 3.05) is 27.8 Å². The van der Waals surface area contributed by atoms with Gasteiger partial charge in [0.2, 0.25) is 5.91 Å². The van der Waals surface area contributed by atoms with Crippen molar-refractivity contribution in [1.82, 2.24) is 10.2 Å². The molecular weight excluding hydrogens is 292 g/mol. The van der Waals surface area contributed by atoms with Gasteiger partial charge in [-0.3, -0.25) is 4.79 Å². The molecule has 1 aliphatic heterocycles. The van der Waals surface area contributed by atoms with Gasteiger partial charge in [0.1, 0.15) is 0 Å². The zero-order valence-electron chi connectivity index (χ0n) is 14.8. The first-order chi connectivity index (χ1) is 11.0. The quantitative estimate of drug-likeness (QED) is 0.906. The fraction of sp³-hybridized carbons (Fsp3) is 0.611. The van der Waals surface area contributed by atoms with E-state index in [2.05, 4.69) is 24.2 Å². The van der Waals surface area contributed by atoms with Crippen molar-refractivity contribution < 1.29 is 14.3 Å². The molecule has 5 heteroatoms. The molecule has 1 aromatic rings. The van der Waals surface area contributed by atoms with Crippen LogP contribution >= 0.6 is 0 Å². The molecule has 0 radical (unpaired) electrons. The molecule has 23 heavy (non-hydrogen) atoms. The summed E-state index contributed by atoms with van der Waals surface area (Å²) in [6, 6.07) is 6.15. The molecule has 1 heterocycles. The van der Waals surface area contributed by atoms with E-state index in [0.29, 0.717) is 17.5 Å². The number of hydrogen-bond donors (Lipinski definition) is 1. The molecule has 1 aliphatic rings. The smallest absolute Gasteiger partial charge is 0.223 e. The van der Waals surface area contributed by atoms with E-state index < -0.39 is 0 Å². The highest BCUT2D eigenvalue weighted by molar-refractivity contribution is 5.79. The molecule has 128 valence electrons. The zero-order valence-corrected chi connectivity index (χ0v) is 14.8. The van der Waals surface area contributed by atoms with Crippen LogP contribution in [0.25, 0.3) is 0 Å². The lowest BCUT2D eigenvalue weighted by Gasteiger charge is -2.34. The molecule has 5 nitrogen and oxygen atoms in total. The minimum Gasteiger partial charge on any atom is -0.493 e. The van der Waals surface area contributed by atoms with Gasteiger partial charge in [-0.15, -0.1) is 0 Å². The van der Waals surface area contributed by atoms with E-state index in [9.17, 15) is 4.79 Å². The summed E-state index contributed by atoms with van der Waals surface area (Å²) < 4.78 is 10.6. The Morgan fingerprint density at radius 1 is 1.30 bits per heavy atom. The van der Waals surface area contributed by atoms with E-state index in [0.717, 1.165) is 24.9 Å². The summed E-state index contributed by atoms with van der Waals surface area (Å²) in [7, 11) is 5.35. The van der Waals surface area contributed by atoms with Crippen molar-refractivity contribution >= 4 is 5.91 Å². The number of nitrogens with zero attached hydrogens (tertiary/aromatic N) is 1. The van der Waals surface area contributed by atoms with Crippen LogP contribution < -0.4 is 14.8 Å². The SMILES string of the molecule is COc1ccc(C(C)NC(=O)[C@H]2CCN(C)[C@@H](C)C2)cc1OC. The molecule has 1 unspecified atom stereocenters. The van der Waals surface area contributed by atoms with Crippen LogP contribution in [0.3, 0.4) is 0 Å². The van der Waals surface area contributed by atoms with Crippen molar-refractivity contribution in [3.63, 3.8) is 0 Å². The minimum atomic E-state index is -0.0581. The first-order valence-corrected chi connectivity index (χ1v) is 8.18. The third-order valence-electron chi connectivity index (χ3n) is 4.85. The number of carbonyl (C=O) groups is 1. The Hall–Kier alpha value is -1.75. The highest BCUT2D eigenvalue weighted by Gasteiger charge is 2.28. The number of methoxy groups -OCH3 is 2. The van der Waals surface area contributed by atoms with E-state index in [1.54, 1.807) is 14.2 Å². The third kappa shape index (κ3) is 4.16. The van der Waals surface area contributed by atoms with Crippen molar-refractivity contribution in [2.24, 2.45) is 5.92 Å². The molecule has 2 rings (SSSR count). The second-order valence-corrected chi connectivity index (χ2v) is 6.40. The maximum absolute atomic E-state index is 12.5. The van der Waals surface area contributed by atoms with Gasteiger partial charge >= 0.3 is 0 Å². The average molecular weight is 320 g/mol. The Morgan fingerprint density at radius 2 is 2.00 bits per heavy atom. The number of nitrogens with one attached hydrogen (secondary N) is 1. The molecule has 0 spiro atoms. The predicted octanol–water partition coefficient (Wildman–Crippen LogP) is 2.61. The van der Waals surface area contributed by atoms with Gasteiger partial charge in [-0.25, -0.2) is 0 Å². The predicted molar refractivity (Wildman–Crippen MR) is 90.9 cm³/mol. The second-order valence-electron chi connectivity index (χ2n) is 6.40. The summed E-state index contributed by atoms with van der Waals surface area (Å²) in [5.74, 6) is 1.62. The number of piperidine rings is 1. The number of rotatable bonds is 5. The molecule has 1 amide bonds. The van der Waals surface area contributed by atoms with E-state index in [4.69, 9.17) is 9.47 Å². The van der Waals surface area contributed by atoms with Gasteiger partial charge in [0, 0.05) is 12.0 Å². The lowest BCUT2D eigenvalue weighted by Crippen LogP contribution is -2.43. The second kappa shape index (κ2) is 7.68. The number of carbonyl (C=O) groups excluding carboxylic acids is 1. The molecule has 0 bridgehead atoms. The molecule has 1 N–H and O–H groups in total. The Labute approximate surface area is 139 Å². The number of ether oxygens (including phenoxy) is 2. The van der Waals surface area contributed by atoms with Crippen LogP contribution in [0.15, 0.2) is 18.2 Å². The summed E-state index contributed by atoms with van der Waals surface area (Å²) in [5.41, 5.74) is 1.01. The number of likely N-dealkylation sites (tertiary alicyclic amines) is 1. The van der Waals surface area contributed by atoms with Crippen molar-refractivity contribution in [3.05, 3.63) is 23.8 Å². The largest absolute Gasteiger partial charge is 0.493 e. The van der Waals surface area contributed by atoms with Crippen molar-refractivity contribution in [3.8, 4) is 11.5 Å². The standard InChI is InChI=1S/C18H28N2O3/c1-12-10-15(8-9-20(12)3)18(21)19-13(2)14-6-7-16(22-4)17(11-14)23-5/h6-7,11-13,15H,8-10H2,1-5H3,(H,19,21)/t12-,13?,15-/m0/s1. The lowest BCUT2D eigenvalue weighted by atomic mass is 9.91. The maximum Gasteiger partial charge on any atom is 0.223 e. The molecular formula is C18H28N2O3. The first kappa shape index (κ1) is 17.6. The molecule has 1 saturated heterocycles. The molecule has 1 aromatic carbocycles. The average Bonchev–Trinajstić information content (AvgIpc) is 2.56. The monoisotopic (exact) mass is 320 g/mol. The summed E-state index contributed by atoms with van der Waals surface area (Å²) in [5, 5.41) is 3.14. The normalized spacial score (nSPS) is 23.2. The molecule has 3 atom stereocenters. The van der Waals surface area contributed by atoms with Crippen LogP contribution in [0.1, 0.15) is 38.3 Å². The minimum absolute atomic E-state index is 0.0581. The summed E-state index contributed by atoms with van der Waals surface area (Å²) in [4.78, 5) is 14.8. The Morgan fingerprint density at radius 3 is 2.61 bits per heavy atom. The Bertz CT molecular complexity index is 547. The number of benzene rings is 1. The van der Waals surface area contributed by atoms with Crippen molar-refractivity contribution in [1.29, 1.82) is 0 Å². The number of hydrogen-bond acceptors (Lipinski definition) is 4. The summed E-state index contributed by atoms with van der Waals surface area (Å²) in [6.45, 7) is 5.15. The van der Waals surface area contributed by atoms with Crippen LogP contribution in [-0.4, -0.2) is 44.7 Å². The fourth-order valence-corrected chi connectivity index (χ4v) is 3.06. The van der Waals surface area contributed by atoms with Gasteiger partial charge in [-0.2, -0.15) is 0 Å². The highest BCUT2D eigenvalue weighted by Crippen LogP contribution is 2.30. The lowest BCUT2D eigenvalue weighted by molar-refractivity contribution is -0.127. The van der Waals surface area contributed by atoms with Crippen LogP contribution in [0.2, 0.25) is 0 Å². The molecule has 1 fully saturated rings. The summed E-state index contributed by atoms with van der Waals surface area (Å²) in [6.07, 6.45) is 1.84. The van der Waals surface area contributed by atoms with Gasteiger partial charge in [0.15, 0.2) is 11.5 Å². The zero-order chi connectivity index (χ0) is 17.0. The van der Waals surface area contributed by atoms with Gasteiger partial charge < -0.3 is 19.7 Å². The fourth-order valence-electron chi connectivity index (χ4n) is 3.06. The molecule has 0 saturated carbocycles. The van der Waals surface area contributed by atoms with Gasteiger partial charge in [0.25, 0.3) is 0 Å². The van der Waals surface area contributed by atoms with E-state index >= 15 is 0 Å². The van der Waals surface area contributed by atoms with E-state index in [1.807, 2.05) is 25.1 Å². The molecule has 0 aliphatic carbocycles. The van der Waals surface area contributed by atoms with Gasteiger partial charge in [-0.05, 0) is 58.0 Å². The molecule has 0 aromatic heterocycles. The number of amides is 1. The van der Waals surface area contributed by atoms with E-state index in [1.165, 1.54) is 0 Å². The summed E-state index contributed by atoms with van der Waals surface area (Å²) >= 11 is 0. The highest BCUT2D eigenvalue weighted by atomic mass is 16.5. The van der Waals surface area contributed by atoms with Crippen LogP contribution in [0, 0.1) is 5.92 Å². The van der Waals surface area contributed by atoms with Gasteiger partial charge in [-0.1, -0.05) is 6.07 Å². The topological polar surface area (TPSA) is 50.8 Å². The Kier molecular flexibility index (Phi) is 5.88. The maximum atomic E-state index is 12.5. The van der Waals surface area contributed by atoms with Crippen LogP contribution in [-0.2, 0) is 4.79 Å². The Balaban J connectivity index is 2.01. The van der Waals surface area contributed by atoms with E-state index in [-0.39, 0.29) is 17.9 Å². The van der Waals surface area contributed by atoms with Crippen molar-refractivity contribution in [2.45, 2.75) is 38.8 Å². The van der Waals surface area contributed by atoms with Crippen LogP contribution in [0.4, 0.5) is 0 Å². The van der Waals surface area contributed by atoms with Gasteiger partial charge in [0.05, 0.1) is 20.3 Å².